The molecular formula is C15H17O5PS. The summed E-state index contributed by atoms with van der Waals surface area (Å²) in [6, 6.07) is 11.4. The molecule has 2 rings (SSSR count). The van der Waals surface area contributed by atoms with Crippen LogP contribution in [0.4, 0.5) is 0 Å². The van der Waals surface area contributed by atoms with Crippen molar-refractivity contribution < 1.29 is 24.6 Å². The molecule has 0 bridgehead atoms. The second kappa shape index (κ2) is 7.20. The number of phenols is 2. The largest absolute Gasteiger partial charge is 0.508 e. The molecule has 7 heteroatoms. The van der Waals surface area contributed by atoms with Gasteiger partial charge in [-0.3, -0.25) is 0 Å². The zero-order valence-corrected chi connectivity index (χ0v) is 13.4. The van der Waals surface area contributed by atoms with Crippen LogP contribution in [0, 0.1) is 0 Å². The molecule has 0 spiro atoms. The molecule has 4 N–H and O–H groups in total. The fourth-order valence-corrected chi connectivity index (χ4v) is 4.09. The summed E-state index contributed by atoms with van der Waals surface area (Å²) in [4.78, 5) is 18.6. The summed E-state index contributed by atoms with van der Waals surface area (Å²) in [5, 5.41) is 18.8. The lowest BCUT2D eigenvalue weighted by Crippen LogP contribution is -1.92. The van der Waals surface area contributed by atoms with Crippen LogP contribution in [-0.4, -0.2) is 20.0 Å². The standard InChI is InChI=1S/C15H17O5PS/c16-13-6-4-11(5-7-13)2-1-3-12-10-14(17)8-9-15(12)22-21(18,19)20/h4-10,16-17H,1-3H2,(H2,18,19,20). The van der Waals surface area contributed by atoms with Gasteiger partial charge in [-0.05, 0) is 72.1 Å². The molecule has 0 aliphatic heterocycles. The van der Waals surface area contributed by atoms with Gasteiger partial charge in [-0.2, -0.15) is 0 Å². The van der Waals surface area contributed by atoms with Gasteiger partial charge in [-0.15, -0.1) is 0 Å². The van der Waals surface area contributed by atoms with Gasteiger partial charge in [0.1, 0.15) is 11.5 Å². The van der Waals surface area contributed by atoms with Gasteiger partial charge < -0.3 is 20.0 Å². The predicted molar refractivity (Wildman–Crippen MR) is 86.1 cm³/mol. The van der Waals surface area contributed by atoms with Gasteiger partial charge in [0.05, 0.1) is 0 Å². The number of hydrogen-bond acceptors (Lipinski definition) is 4. The van der Waals surface area contributed by atoms with Crippen molar-refractivity contribution in [3.8, 4) is 11.5 Å². The Hall–Kier alpha value is -1.46. The Balaban J connectivity index is 2.03. The molecule has 118 valence electrons. The Morgan fingerprint density at radius 3 is 2.18 bits per heavy atom. The molecule has 0 unspecified atom stereocenters. The Morgan fingerprint density at radius 2 is 1.55 bits per heavy atom. The molecule has 0 heterocycles. The first kappa shape index (κ1) is 16.9. The normalized spacial score (nSPS) is 11.5. The molecule has 0 aromatic heterocycles. The quantitative estimate of drug-likeness (QED) is 0.601. The highest BCUT2D eigenvalue weighted by atomic mass is 32.7. The van der Waals surface area contributed by atoms with E-state index in [4.69, 9.17) is 9.79 Å². The zero-order valence-electron chi connectivity index (χ0n) is 11.7. The van der Waals surface area contributed by atoms with Crippen molar-refractivity contribution in [2.75, 3.05) is 0 Å². The van der Waals surface area contributed by atoms with E-state index in [1.165, 1.54) is 18.2 Å². The summed E-state index contributed by atoms with van der Waals surface area (Å²) in [7, 11) is 0. The van der Waals surface area contributed by atoms with E-state index in [0.717, 1.165) is 18.4 Å². The van der Waals surface area contributed by atoms with E-state index in [0.29, 0.717) is 28.3 Å². The molecule has 0 atom stereocenters. The van der Waals surface area contributed by atoms with Crippen LogP contribution in [0.3, 0.4) is 0 Å². The van der Waals surface area contributed by atoms with Gasteiger partial charge in [0, 0.05) is 4.90 Å². The topological polar surface area (TPSA) is 98.0 Å². The predicted octanol–water partition coefficient (Wildman–Crippen LogP) is 3.46. The number of hydrogen-bond donors (Lipinski definition) is 4. The lowest BCUT2D eigenvalue weighted by atomic mass is 10.0. The maximum absolute atomic E-state index is 11.1. The fourth-order valence-electron chi connectivity index (χ4n) is 2.12. The summed E-state index contributed by atoms with van der Waals surface area (Å²) in [5.41, 5.74) is 1.79. The van der Waals surface area contributed by atoms with Crippen molar-refractivity contribution >= 4 is 18.2 Å². The van der Waals surface area contributed by atoms with Crippen molar-refractivity contribution in [1.82, 2.24) is 0 Å². The summed E-state index contributed by atoms with van der Waals surface area (Å²) >= 11 is 0.507. The minimum Gasteiger partial charge on any atom is -0.508 e. The molecule has 0 aliphatic carbocycles. The SMILES string of the molecule is O=P(O)(O)Sc1ccc(O)cc1CCCc1ccc(O)cc1. The molecule has 0 radical (unpaired) electrons. The van der Waals surface area contributed by atoms with Crippen LogP contribution in [0.2, 0.25) is 0 Å². The highest BCUT2D eigenvalue weighted by Crippen LogP contribution is 2.55. The van der Waals surface area contributed by atoms with Crippen LogP contribution in [0.5, 0.6) is 11.5 Å². The third-order valence-electron chi connectivity index (χ3n) is 3.11. The first-order valence-corrected chi connectivity index (χ1v) is 9.72. The molecule has 0 saturated heterocycles. The molecule has 22 heavy (non-hydrogen) atoms. The monoisotopic (exact) mass is 340 g/mol. The Labute approximate surface area is 132 Å². The molecule has 0 fully saturated rings. The first-order valence-electron chi connectivity index (χ1n) is 6.68. The molecule has 2 aromatic rings. The Morgan fingerprint density at radius 1 is 0.909 bits per heavy atom. The Bertz CT molecular complexity index is 681. The van der Waals surface area contributed by atoms with Crippen molar-refractivity contribution in [1.29, 1.82) is 0 Å². The van der Waals surface area contributed by atoms with Crippen LogP contribution >= 0.6 is 18.2 Å². The summed E-state index contributed by atoms with van der Waals surface area (Å²) in [6.07, 6.45) is 2.14. The van der Waals surface area contributed by atoms with Crippen LogP contribution in [0.1, 0.15) is 17.5 Å². The summed E-state index contributed by atoms with van der Waals surface area (Å²) in [6.45, 7) is -4.22. The van der Waals surface area contributed by atoms with Gasteiger partial charge in [0.25, 0.3) is 0 Å². The van der Waals surface area contributed by atoms with Gasteiger partial charge in [0.15, 0.2) is 0 Å². The molecule has 0 aliphatic rings. The van der Waals surface area contributed by atoms with Gasteiger partial charge >= 0.3 is 6.80 Å². The number of phenolic OH excluding ortho intramolecular Hbond substituents is 2. The van der Waals surface area contributed by atoms with E-state index in [1.54, 1.807) is 12.1 Å². The van der Waals surface area contributed by atoms with Crippen molar-refractivity contribution in [3.63, 3.8) is 0 Å². The molecule has 5 nitrogen and oxygen atoms in total. The first-order chi connectivity index (χ1) is 10.3. The van der Waals surface area contributed by atoms with Gasteiger partial charge in [-0.25, -0.2) is 4.57 Å². The lowest BCUT2D eigenvalue weighted by molar-refractivity contribution is 0.397. The number of rotatable bonds is 6. The van der Waals surface area contributed by atoms with Gasteiger partial charge in [0.2, 0.25) is 0 Å². The minimum absolute atomic E-state index is 0.0784. The summed E-state index contributed by atoms with van der Waals surface area (Å²) < 4.78 is 11.1. The van der Waals surface area contributed by atoms with Crippen molar-refractivity contribution in [2.45, 2.75) is 24.2 Å². The zero-order chi connectivity index (χ0) is 16.2. The van der Waals surface area contributed by atoms with Gasteiger partial charge in [-0.1, -0.05) is 12.1 Å². The number of aryl methyl sites for hydroxylation is 2. The van der Waals surface area contributed by atoms with E-state index in [1.807, 2.05) is 12.1 Å². The second-order valence-corrected chi connectivity index (χ2v) is 8.47. The average Bonchev–Trinajstić information content (AvgIpc) is 2.42. The summed E-state index contributed by atoms with van der Waals surface area (Å²) in [5.74, 6) is 0.298. The fraction of sp³-hybridized carbons (Fsp3) is 0.200. The van der Waals surface area contributed by atoms with Crippen molar-refractivity contribution in [2.24, 2.45) is 0 Å². The van der Waals surface area contributed by atoms with Crippen LogP contribution < -0.4 is 0 Å². The van der Waals surface area contributed by atoms with Crippen LogP contribution in [0.15, 0.2) is 47.4 Å². The van der Waals surface area contributed by atoms with E-state index >= 15 is 0 Å². The maximum atomic E-state index is 11.1. The number of aromatic hydroxyl groups is 2. The molecular weight excluding hydrogens is 323 g/mol. The van der Waals surface area contributed by atoms with Crippen LogP contribution in [0.25, 0.3) is 0 Å². The molecule has 0 amide bonds. The third-order valence-corrected chi connectivity index (χ3v) is 5.25. The highest BCUT2D eigenvalue weighted by Gasteiger charge is 2.18. The Kier molecular flexibility index (Phi) is 5.53. The molecule has 0 saturated carbocycles. The maximum Gasteiger partial charge on any atom is 0.388 e. The second-order valence-electron chi connectivity index (χ2n) is 4.89. The highest BCUT2D eigenvalue weighted by molar-refractivity contribution is 8.54. The third kappa shape index (κ3) is 5.39. The molecule has 2 aromatic carbocycles. The smallest absolute Gasteiger partial charge is 0.388 e. The average molecular weight is 340 g/mol. The van der Waals surface area contributed by atoms with E-state index in [9.17, 15) is 14.8 Å². The number of benzene rings is 2. The van der Waals surface area contributed by atoms with E-state index < -0.39 is 6.80 Å². The lowest BCUT2D eigenvalue weighted by Gasteiger charge is -2.10. The van der Waals surface area contributed by atoms with E-state index in [-0.39, 0.29) is 11.5 Å². The minimum atomic E-state index is -4.22. The van der Waals surface area contributed by atoms with Crippen LogP contribution in [-0.2, 0) is 17.4 Å². The van der Waals surface area contributed by atoms with Crippen molar-refractivity contribution in [3.05, 3.63) is 53.6 Å². The van der Waals surface area contributed by atoms with E-state index in [2.05, 4.69) is 0 Å².